The number of esters is 2. The van der Waals surface area contributed by atoms with Gasteiger partial charge in [-0.1, -0.05) is 6.07 Å². The van der Waals surface area contributed by atoms with Gasteiger partial charge in [0.2, 0.25) is 6.79 Å². The van der Waals surface area contributed by atoms with E-state index in [0.717, 1.165) is 0 Å². The number of hydrogen-bond donors (Lipinski definition) is 1. The van der Waals surface area contributed by atoms with Crippen LogP contribution in [0.2, 0.25) is 0 Å². The van der Waals surface area contributed by atoms with Crippen molar-refractivity contribution in [3.05, 3.63) is 71.3 Å². The maximum atomic E-state index is 13.2. The van der Waals surface area contributed by atoms with Crippen LogP contribution in [-0.2, 0) is 19.1 Å². The number of hydrogen-bond acceptors (Lipinski definition) is 12. The molecule has 46 heavy (non-hydrogen) atoms. The van der Waals surface area contributed by atoms with Gasteiger partial charge in [0.05, 0.1) is 37.6 Å². The second kappa shape index (κ2) is 14.7. The van der Waals surface area contributed by atoms with E-state index >= 15 is 0 Å². The molecule has 2 heterocycles. The monoisotopic (exact) mass is 636 g/mol. The highest BCUT2D eigenvalue weighted by atomic mass is 16.7. The van der Waals surface area contributed by atoms with E-state index in [9.17, 15) is 24.3 Å². The molecule has 12 heteroatoms. The molecule has 2 atom stereocenters. The Morgan fingerprint density at radius 2 is 1.46 bits per heavy atom. The molecule has 244 valence electrons. The number of methoxy groups -OCH3 is 2. The lowest BCUT2D eigenvalue weighted by atomic mass is 9.85. The number of carbonyl (C=O) groups excluding carboxylic acids is 4. The van der Waals surface area contributed by atoms with Crippen LogP contribution < -0.4 is 23.7 Å². The number of Topliss-reactive ketones (excluding diaryl/α,β-unsaturated/α-hetero) is 2. The molecule has 2 unspecified atom stereocenters. The fourth-order valence-corrected chi connectivity index (χ4v) is 4.75. The summed E-state index contributed by atoms with van der Waals surface area (Å²) in [4.78, 5) is 48.4. The number of phenols is 1. The van der Waals surface area contributed by atoms with Gasteiger partial charge < -0.3 is 38.3 Å². The summed E-state index contributed by atoms with van der Waals surface area (Å²) in [6.07, 6.45) is -1.33. The first-order valence-electron chi connectivity index (χ1n) is 14.5. The standard InChI is InChI=1S/C21H20O7.C13H16O5/c1-11(2)27-13-5-7-15-14(9-13)19(22)18(21(23)24-3)20(28-15)12-4-6-16-17(8-12)26-10-25-16;1-8(2)18-9-4-5-11(14)10(6-9)12(15)7-13(16)17-3/h4-9,11,18,20H,10H2,1-3H3;4-6,8,14H,7H2,1-3H3. The van der Waals surface area contributed by atoms with Gasteiger partial charge in [0.1, 0.15) is 35.5 Å². The van der Waals surface area contributed by atoms with Crippen LogP contribution in [0, 0.1) is 5.92 Å². The third-order valence-electron chi connectivity index (χ3n) is 6.78. The molecule has 0 saturated carbocycles. The first kappa shape index (κ1) is 33.6. The number of carbonyl (C=O) groups is 4. The van der Waals surface area contributed by atoms with Crippen molar-refractivity contribution in [3.63, 3.8) is 0 Å². The molecular weight excluding hydrogens is 600 g/mol. The summed E-state index contributed by atoms with van der Waals surface area (Å²) in [5, 5.41) is 9.60. The van der Waals surface area contributed by atoms with Gasteiger partial charge in [0.15, 0.2) is 29.0 Å². The van der Waals surface area contributed by atoms with Crippen LogP contribution in [0.3, 0.4) is 0 Å². The number of phenolic OH excluding ortho intramolecular Hbond substituents is 1. The van der Waals surface area contributed by atoms with Gasteiger partial charge in [0, 0.05) is 0 Å². The van der Waals surface area contributed by atoms with E-state index in [1.54, 1.807) is 42.5 Å². The van der Waals surface area contributed by atoms with Crippen LogP contribution in [0.25, 0.3) is 0 Å². The van der Waals surface area contributed by atoms with E-state index in [1.165, 1.54) is 26.4 Å². The Morgan fingerprint density at radius 3 is 2.11 bits per heavy atom. The lowest BCUT2D eigenvalue weighted by Crippen LogP contribution is -2.37. The minimum absolute atomic E-state index is 0.0434. The Hall–Kier alpha value is -5.26. The number of ether oxygens (including phenoxy) is 7. The van der Waals surface area contributed by atoms with E-state index in [2.05, 4.69) is 4.74 Å². The van der Waals surface area contributed by atoms with E-state index in [4.69, 9.17) is 28.4 Å². The highest BCUT2D eigenvalue weighted by Gasteiger charge is 2.44. The fourth-order valence-electron chi connectivity index (χ4n) is 4.75. The second-order valence-electron chi connectivity index (χ2n) is 10.9. The Balaban J connectivity index is 0.000000232. The predicted molar refractivity (Wildman–Crippen MR) is 163 cm³/mol. The number of rotatable bonds is 9. The smallest absolute Gasteiger partial charge is 0.320 e. The topological polar surface area (TPSA) is 153 Å². The zero-order valence-electron chi connectivity index (χ0n) is 26.4. The summed E-state index contributed by atoms with van der Waals surface area (Å²) < 4.78 is 37.2. The van der Waals surface area contributed by atoms with E-state index < -0.39 is 36.2 Å². The maximum Gasteiger partial charge on any atom is 0.320 e. The van der Waals surface area contributed by atoms with Crippen molar-refractivity contribution < 1.29 is 57.4 Å². The van der Waals surface area contributed by atoms with Crippen molar-refractivity contribution in [1.82, 2.24) is 0 Å². The average molecular weight is 637 g/mol. The zero-order chi connectivity index (χ0) is 33.5. The van der Waals surface area contributed by atoms with Crippen molar-refractivity contribution in [2.24, 2.45) is 5.92 Å². The molecule has 12 nitrogen and oxygen atoms in total. The second-order valence-corrected chi connectivity index (χ2v) is 10.9. The molecule has 0 amide bonds. The van der Waals surface area contributed by atoms with Crippen molar-refractivity contribution in [3.8, 4) is 34.5 Å². The quantitative estimate of drug-likeness (QED) is 0.186. The molecule has 1 N–H and O–H groups in total. The molecule has 0 aliphatic carbocycles. The molecule has 3 aromatic rings. The predicted octanol–water partition coefficient (Wildman–Crippen LogP) is 5.23. The molecule has 2 aliphatic rings. The van der Waals surface area contributed by atoms with Crippen LogP contribution in [0.5, 0.6) is 34.5 Å². The van der Waals surface area contributed by atoms with Crippen LogP contribution in [0.1, 0.15) is 66.5 Å². The Bertz CT molecular complexity index is 1610. The van der Waals surface area contributed by atoms with Gasteiger partial charge >= 0.3 is 11.9 Å². The summed E-state index contributed by atoms with van der Waals surface area (Å²) in [6.45, 7) is 7.62. The number of aromatic hydroxyl groups is 1. The Kier molecular flexibility index (Phi) is 10.7. The van der Waals surface area contributed by atoms with Gasteiger partial charge in [-0.2, -0.15) is 0 Å². The summed E-state index contributed by atoms with van der Waals surface area (Å²) in [5.41, 5.74) is 0.977. The zero-order valence-corrected chi connectivity index (χ0v) is 26.4. The Labute approximate surface area is 266 Å². The van der Waals surface area contributed by atoms with Gasteiger partial charge in [-0.05, 0) is 81.8 Å². The Morgan fingerprint density at radius 1 is 0.826 bits per heavy atom. The van der Waals surface area contributed by atoms with Crippen LogP contribution in [0.15, 0.2) is 54.6 Å². The molecule has 0 fully saturated rings. The fraction of sp³-hybridized carbons (Fsp3) is 0.353. The molecule has 0 spiro atoms. The summed E-state index contributed by atoms with van der Waals surface area (Å²) in [6, 6.07) is 14.6. The minimum Gasteiger partial charge on any atom is -0.507 e. The summed E-state index contributed by atoms with van der Waals surface area (Å²) >= 11 is 0. The van der Waals surface area contributed by atoms with Crippen LogP contribution >= 0.6 is 0 Å². The van der Waals surface area contributed by atoms with E-state index in [1.807, 2.05) is 27.7 Å². The lowest BCUT2D eigenvalue weighted by Gasteiger charge is -2.31. The molecule has 3 aromatic carbocycles. The van der Waals surface area contributed by atoms with Crippen molar-refractivity contribution in [2.75, 3.05) is 21.0 Å². The van der Waals surface area contributed by atoms with Crippen molar-refractivity contribution in [1.29, 1.82) is 0 Å². The first-order chi connectivity index (χ1) is 21.9. The molecular formula is C34H36O12. The summed E-state index contributed by atoms with van der Waals surface area (Å²) in [5.74, 6) is -0.940. The lowest BCUT2D eigenvalue weighted by molar-refractivity contribution is -0.147. The van der Waals surface area contributed by atoms with Crippen molar-refractivity contribution >= 4 is 23.5 Å². The highest BCUT2D eigenvalue weighted by Crippen LogP contribution is 2.43. The third kappa shape index (κ3) is 7.87. The van der Waals surface area contributed by atoms with Gasteiger partial charge in [0.25, 0.3) is 0 Å². The molecule has 5 rings (SSSR count). The molecule has 0 radical (unpaired) electrons. The molecule has 0 bridgehead atoms. The SMILES string of the molecule is COC(=O)C1C(=O)c2cc(OC(C)C)ccc2OC1c1ccc2c(c1)OCO2.COC(=O)CC(=O)c1cc(OC(C)C)ccc1O. The van der Waals surface area contributed by atoms with Gasteiger partial charge in [-0.15, -0.1) is 0 Å². The first-order valence-corrected chi connectivity index (χ1v) is 14.5. The van der Waals surface area contributed by atoms with E-state index in [0.29, 0.717) is 39.9 Å². The largest absolute Gasteiger partial charge is 0.507 e. The number of fused-ring (bicyclic) bond motifs is 2. The average Bonchev–Trinajstić information content (AvgIpc) is 3.49. The third-order valence-corrected chi connectivity index (χ3v) is 6.78. The van der Waals surface area contributed by atoms with Crippen molar-refractivity contribution in [2.45, 2.75) is 52.4 Å². The van der Waals surface area contributed by atoms with Gasteiger partial charge in [-0.25, -0.2) is 0 Å². The molecule has 0 aromatic heterocycles. The highest BCUT2D eigenvalue weighted by molar-refractivity contribution is 6.11. The maximum absolute atomic E-state index is 13.2. The summed E-state index contributed by atoms with van der Waals surface area (Å²) in [7, 11) is 2.45. The normalized spacial score (nSPS) is 16.0. The van der Waals surface area contributed by atoms with Crippen LogP contribution in [-0.4, -0.2) is 61.8 Å². The van der Waals surface area contributed by atoms with E-state index in [-0.39, 0.29) is 36.1 Å². The minimum atomic E-state index is -1.13. The van der Waals surface area contributed by atoms with Gasteiger partial charge in [-0.3, -0.25) is 19.2 Å². The molecule has 0 saturated heterocycles. The number of ketones is 2. The molecule has 2 aliphatic heterocycles. The van der Waals surface area contributed by atoms with Crippen LogP contribution in [0.4, 0.5) is 0 Å². The number of benzene rings is 3.